The fraction of sp³-hybridized carbons (Fsp3) is 0.700. The van der Waals surface area contributed by atoms with E-state index in [1.165, 1.54) is 6.42 Å². The van der Waals surface area contributed by atoms with E-state index in [2.05, 4.69) is 23.7 Å². The minimum atomic E-state index is 0.0747. The van der Waals surface area contributed by atoms with E-state index < -0.39 is 0 Å². The zero-order chi connectivity index (χ0) is 18.0. The first-order valence-corrected chi connectivity index (χ1v) is 9.42. The molecule has 0 bridgehead atoms. The van der Waals surface area contributed by atoms with Crippen LogP contribution in [0.2, 0.25) is 0 Å². The van der Waals surface area contributed by atoms with Crippen LogP contribution in [-0.4, -0.2) is 66.1 Å². The van der Waals surface area contributed by atoms with Gasteiger partial charge in [0.25, 0.3) is 5.91 Å². The van der Waals surface area contributed by atoms with Crippen molar-refractivity contribution in [1.29, 1.82) is 0 Å². The van der Waals surface area contributed by atoms with Crippen molar-refractivity contribution in [3.63, 3.8) is 0 Å². The second kappa shape index (κ2) is 7.42. The number of ether oxygens (including phenoxy) is 1. The number of likely N-dealkylation sites (tertiary alicyclic amines) is 2. The number of aromatic nitrogens is 1. The Labute approximate surface area is 151 Å². The van der Waals surface area contributed by atoms with E-state index in [-0.39, 0.29) is 5.91 Å². The van der Waals surface area contributed by atoms with Crippen molar-refractivity contribution in [2.24, 2.45) is 5.41 Å². The quantitative estimate of drug-likeness (QED) is 0.842. The summed E-state index contributed by atoms with van der Waals surface area (Å²) in [5.41, 5.74) is 1.80. The van der Waals surface area contributed by atoms with Gasteiger partial charge in [-0.05, 0) is 57.6 Å². The molecule has 138 valence electrons. The van der Waals surface area contributed by atoms with Gasteiger partial charge >= 0.3 is 0 Å². The van der Waals surface area contributed by atoms with Crippen LogP contribution in [-0.2, 0) is 4.74 Å². The molecule has 0 aromatic carbocycles. The number of piperidine rings is 1. The van der Waals surface area contributed by atoms with Gasteiger partial charge < -0.3 is 9.64 Å². The highest BCUT2D eigenvalue weighted by molar-refractivity contribution is 5.92. The van der Waals surface area contributed by atoms with E-state index in [4.69, 9.17) is 4.74 Å². The third kappa shape index (κ3) is 3.87. The highest BCUT2D eigenvalue weighted by Crippen LogP contribution is 2.44. The maximum Gasteiger partial charge on any atom is 0.272 e. The van der Waals surface area contributed by atoms with Gasteiger partial charge in [-0.1, -0.05) is 6.07 Å². The van der Waals surface area contributed by atoms with Crippen LogP contribution in [0.4, 0.5) is 0 Å². The molecule has 1 spiro atoms. The van der Waals surface area contributed by atoms with E-state index in [0.717, 1.165) is 44.8 Å². The van der Waals surface area contributed by atoms with Crippen LogP contribution < -0.4 is 0 Å². The Balaban J connectivity index is 1.64. The smallest absolute Gasteiger partial charge is 0.272 e. The zero-order valence-electron chi connectivity index (χ0n) is 16.0. The number of carbonyl (C=O) groups is 1. The molecule has 1 atom stereocenters. The molecule has 0 radical (unpaired) electrons. The Morgan fingerprint density at radius 1 is 1.36 bits per heavy atom. The van der Waals surface area contributed by atoms with E-state index in [0.29, 0.717) is 23.2 Å². The lowest BCUT2D eigenvalue weighted by molar-refractivity contribution is 0.0576. The normalized spacial score (nSPS) is 23.6. The molecule has 2 fully saturated rings. The van der Waals surface area contributed by atoms with Crippen molar-refractivity contribution in [2.75, 3.05) is 33.4 Å². The van der Waals surface area contributed by atoms with Gasteiger partial charge in [-0.15, -0.1) is 0 Å². The predicted molar refractivity (Wildman–Crippen MR) is 98.7 cm³/mol. The van der Waals surface area contributed by atoms with E-state index in [9.17, 15) is 4.79 Å². The molecular formula is C20H31N3O2. The Morgan fingerprint density at radius 2 is 2.08 bits per heavy atom. The zero-order valence-corrected chi connectivity index (χ0v) is 16.0. The molecule has 3 heterocycles. The summed E-state index contributed by atoms with van der Waals surface area (Å²) in [6.45, 7) is 10.1. The molecule has 5 heteroatoms. The molecule has 0 aliphatic carbocycles. The van der Waals surface area contributed by atoms with E-state index >= 15 is 0 Å². The molecule has 1 amide bonds. The van der Waals surface area contributed by atoms with E-state index in [1.54, 1.807) is 7.11 Å². The Kier molecular flexibility index (Phi) is 5.44. The summed E-state index contributed by atoms with van der Waals surface area (Å²) in [4.78, 5) is 21.7. The van der Waals surface area contributed by atoms with Gasteiger partial charge in [0.1, 0.15) is 5.69 Å². The summed E-state index contributed by atoms with van der Waals surface area (Å²) in [6.07, 6.45) is 3.34. The third-order valence-corrected chi connectivity index (χ3v) is 5.90. The van der Waals surface area contributed by atoms with Gasteiger partial charge in [-0.25, -0.2) is 4.98 Å². The number of hydrogen-bond acceptors (Lipinski definition) is 4. The van der Waals surface area contributed by atoms with Crippen molar-refractivity contribution in [1.82, 2.24) is 14.8 Å². The number of amides is 1. The summed E-state index contributed by atoms with van der Waals surface area (Å²) >= 11 is 0. The molecule has 3 rings (SSSR count). The van der Waals surface area contributed by atoms with Crippen LogP contribution in [0.3, 0.4) is 0 Å². The average Bonchev–Trinajstić information content (AvgIpc) is 2.94. The Bertz CT molecular complexity index is 609. The van der Waals surface area contributed by atoms with Crippen molar-refractivity contribution in [2.45, 2.75) is 52.1 Å². The van der Waals surface area contributed by atoms with Crippen LogP contribution >= 0.6 is 0 Å². The molecule has 1 aromatic heterocycles. The Hall–Kier alpha value is -1.46. The second-order valence-electron chi connectivity index (χ2n) is 8.04. The minimum absolute atomic E-state index is 0.0747. The topological polar surface area (TPSA) is 45.7 Å². The van der Waals surface area contributed by atoms with Gasteiger partial charge in [0.05, 0.1) is 6.61 Å². The molecule has 5 nitrogen and oxygen atoms in total. The lowest BCUT2D eigenvalue weighted by Gasteiger charge is -2.39. The SMILES string of the molecule is COC[C@H]1CC2(CCN(C(=O)c3cccc(C)n3)CC2)CN1C(C)C. The van der Waals surface area contributed by atoms with Crippen LogP contribution in [0, 0.1) is 12.3 Å². The highest BCUT2D eigenvalue weighted by Gasteiger charge is 2.46. The average molecular weight is 345 g/mol. The molecule has 2 aliphatic rings. The number of aryl methyl sites for hydroxylation is 1. The molecule has 0 saturated carbocycles. The molecule has 2 aliphatic heterocycles. The van der Waals surface area contributed by atoms with Crippen LogP contribution in [0.1, 0.15) is 49.3 Å². The van der Waals surface area contributed by atoms with Gasteiger partial charge in [-0.3, -0.25) is 9.69 Å². The molecular weight excluding hydrogens is 314 g/mol. The number of methoxy groups -OCH3 is 1. The van der Waals surface area contributed by atoms with Gasteiger partial charge in [0, 0.05) is 44.5 Å². The number of carbonyl (C=O) groups excluding carboxylic acids is 1. The first kappa shape index (κ1) is 18.3. The fourth-order valence-electron chi connectivity index (χ4n) is 4.52. The first-order valence-electron chi connectivity index (χ1n) is 9.42. The van der Waals surface area contributed by atoms with Gasteiger partial charge in [0.2, 0.25) is 0 Å². The maximum atomic E-state index is 12.7. The van der Waals surface area contributed by atoms with Crippen molar-refractivity contribution >= 4 is 5.91 Å². The Morgan fingerprint density at radius 3 is 2.68 bits per heavy atom. The summed E-state index contributed by atoms with van der Waals surface area (Å²) in [7, 11) is 1.79. The standard InChI is InChI=1S/C20H31N3O2/c1-15(2)23-14-20(12-17(23)13-25-4)8-10-22(11-9-20)19(24)18-7-5-6-16(3)21-18/h5-7,15,17H,8-14H2,1-4H3/t17-/m1/s1. The van der Waals surface area contributed by atoms with E-state index in [1.807, 2.05) is 30.0 Å². The predicted octanol–water partition coefficient (Wildman–Crippen LogP) is 2.74. The second-order valence-corrected chi connectivity index (χ2v) is 8.04. The number of nitrogens with zero attached hydrogens (tertiary/aromatic N) is 3. The molecule has 25 heavy (non-hydrogen) atoms. The molecule has 1 aromatic rings. The van der Waals surface area contributed by atoms with Crippen LogP contribution in [0.5, 0.6) is 0 Å². The molecule has 0 unspecified atom stereocenters. The van der Waals surface area contributed by atoms with Crippen LogP contribution in [0.15, 0.2) is 18.2 Å². The van der Waals surface area contributed by atoms with Gasteiger partial charge in [-0.2, -0.15) is 0 Å². The minimum Gasteiger partial charge on any atom is -0.383 e. The van der Waals surface area contributed by atoms with Crippen molar-refractivity contribution in [3.05, 3.63) is 29.6 Å². The number of hydrogen-bond donors (Lipinski definition) is 0. The largest absolute Gasteiger partial charge is 0.383 e. The summed E-state index contributed by atoms with van der Waals surface area (Å²) in [5.74, 6) is 0.0747. The molecule has 0 N–H and O–H groups in total. The van der Waals surface area contributed by atoms with Crippen LogP contribution in [0.25, 0.3) is 0 Å². The lowest BCUT2D eigenvalue weighted by Crippen LogP contribution is -2.45. The van der Waals surface area contributed by atoms with Crippen molar-refractivity contribution in [3.8, 4) is 0 Å². The number of pyridine rings is 1. The highest BCUT2D eigenvalue weighted by atomic mass is 16.5. The first-order chi connectivity index (χ1) is 11.9. The lowest BCUT2D eigenvalue weighted by atomic mass is 9.76. The monoisotopic (exact) mass is 345 g/mol. The third-order valence-electron chi connectivity index (χ3n) is 5.90. The molecule has 2 saturated heterocycles. The summed E-state index contributed by atoms with van der Waals surface area (Å²) in [6, 6.07) is 6.70. The number of rotatable bonds is 4. The maximum absolute atomic E-state index is 12.7. The summed E-state index contributed by atoms with van der Waals surface area (Å²) < 4.78 is 5.45. The van der Waals surface area contributed by atoms with Crippen molar-refractivity contribution < 1.29 is 9.53 Å². The van der Waals surface area contributed by atoms with Gasteiger partial charge in [0.15, 0.2) is 0 Å². The fourth-order valence-corrected chi connectivity index (χ4v) is 4.52. The summed E-state index contributed by atoms with van der Waals surface area (Å²) in [5, 5.41) is 0.